The number of fused-ring (bicyclic) bond motifs is 1. The van der Waals surface area contributed by atoms with Crippen molar-refractivity contribution in [3.63, 3.8) is 0 Å². The quantitative estimate of drug-likeness (QED) is 0.703. The molecule has 0 heterocycles. The third-order valence-electron chi connectivity index (χ3n) is 2.80. The number of ether oxygens (including phenoxy) is 1. The van der Waals surface area contributed by atoms with Crippen LogP contribution >= 0.6 is 0 Å². The van der Waals surface area contributed by atoms with Crippen LogP contribution in [0.4, 0.5) is 0 Å². The normalized spacial score (nSPS) is 18.7. The lowest BCUT2D eigenvalue weighted by Crippen LogP contribution is -2.09. The van der Waals surface area contributed by atoms with Crippen LogP contribution in [0.15, 0.2) is 18.2 Å². The smallest absolute Gasteiger partial charge is 0.170 e. The van der Waals surface area contributed by atoms with Gasteiger partial charge in [0.15, 0.2) is 5.78 Å². The Morgan fingerprint density at radius 2 is 2.33 bits per heavy atom. The molecule has 1 aromatic rings. The van der Waals surface area contributed by atoms with E-state index in [1.54, 1.807) is 13.2 Å². The van der Waals surface area contributed by atoms with E-state index in [4.69, 9.17) is 4.74 Å². The van der Waals surface area contributed by atoms with Gasteiger partial charge in [-0.05, 0) is 18.1 Å². The maximum Gasteiger partial charge on any atom is 0.170 e. The van der Waals surface area contributed by atoms with E-state index >= 15 is 0 Å². The molecule has 0 aliphatic heterocycles. The van der Waals surface area contributed by atoms with E-state index in [0.29, 0.717) is 24.2 Å². The van der Waals surface area contributed by atoms with Crippen LogP contribution in [0.2, 0.25) is 0 Å². The van der Waals surface area contributed by atoms with Crippen molar-refractivity contribution in [1.29, 1.82) is 0 Å². The first-order valence-corrected chi connectivity index (χ1v) is 4.91. The monoisotopic (exact) mass is 204 g/mol. The second kappa shape index (κ2) is 3.85. The molecule has 0 saturated heterocycles. The van der Waals surface area contributed by atoms with Crippen LogP contribution in [0.25, 0.3) is 0 Å². The van der Waals surface area contributed by atoms with E-state index in [2.05, 4.69) is 0 Å². The highest BCUT2D eigenvalue weighted by Crippen LogP contribution is 2.34. The summed E-state index contributed by atoms with van der Waals surface area (Å²) >= 11 is 0. The van der Waals surface area contributed by atoms with Crippen molar-refractivity contribution in [3.05, 3.63) is 29.3 Å². The van der Waals surface area contributed by atoms with Gasteiger partial charge < -0.3 is 9.53 Å². The van der Waals surface area contributed by atoms with Crippen LogP contribution < -0.4 is 4.74 Å². The summed E-state index contributed by atoms with van der Waals surface area (Å²) in [6.07, 6.45) is 1.77. The summed E-state index contributed by atoms with van der Waals surface area (Å²) < 4.78 is 5.14. The fourth-order valence-corrected chi connectivity index (χ4v) is 2.07. The topological polar surface area (TPSA) is 43.4 Å². The summed E-state index contributed by atoms with van der Waals surface area (Å²) in [6, 6.07) is 5.56. The highest BCUT2D eigenvalue weighted by molar-refractivity contribution is 6.05. The standard InChI is InChI=1S/C12H12O3/c1-15-10-4-2-3-8-7-9(5-6-13)12(14)11(8)10/h2-4,6,9H,5,7H2,1H3/t9-/m1/s1. The van der Waals surface area contributed by atoms with Gasteiger partial charge in [-0.2, -0.15) is 0 Å². The average molecular weight is 204 g/mol. The molecule has 2 rings (SSSR count). The summed E-state index contributed by atoms with van der Waals surface area (Å²) in [4.78, 5) is 22.4. The second-order valence-electron chi connectivity index (χ2n) is 3.66. The number of rotatable bonds is 3. The van der Waals surface area contributed by atoms with Crippen molar-refractivity contribution in [2.45, 2.75) is 12.8 Å². The molecule has 0 spiro atoms. The second-order valence-corrected chi connectivity index (χ2v) is 3.66. The Labute approximate surface area is 88.1 Å². The highest BCUT2D eigenvalue weighted by atomic mass is 16.5. The number of carbonyl (C=O) groups excluding carboxylic acids is 2. The summed E-state index contributed by atoms with van der Waals surface area (Å²) in [5, 5.41) is 0. The molecule has 3 nitrogen and oxygen atoms in total. The number of ketones is 1. The largest absolute Gasteiger partial charge is 0.496 e. The average Bonchev–Trinajstić information content (AvgIpc) is 2.57. The van der Waals surface area contributed by atoms with Gasteiger partial charge in [0, 0.05) is 12.3 Å². The molecule has 1 aliphatic carbocycles. The van der Waals surface area contributed by atoms with Crippen molar-refractivity contribution in [3.8, 4) is 5.75 Å². The van der Waals surface area contributed by atoms with Crippen molar-refractivity contribution in [1.82, 2.24) is 0 Å². The van der Waals surface area contributed by atoms with Gasteiger partial charge >= 0.3 is 0 Å². The fourth-order valence-electron chi connectivity index (χ4n) is 2.07. The Kier molecular flexibility index (Phi) is 2.54. The zero-order valence-electron chi connectivity index (χ0n) is 8.53. The van der Waals surface area contributed by atoms with Crippen LogP contribution in [0, 0.1) is 5.92 Å². The number of Topliss-reactive ketones (excluding diaryl/α,β-unsaturated/α-hetero) is 1. The molecule has 78 valence electrons. The minimum absolute atomic E-state index is 0.0366. The van der Waals surface area contributed by atoms with Crippen molar-refractivity contribution < 1.29 is 14.3 Å². The van der Waals surface area contributed by atoms with Crippen LogP contribution in [0.1, 0.15) is 22.3 Å². The summed E-state index contributed by atoms with van der Waals surface area (Å²) in [7, 11) is 1.55. The van der Waals surface area contributed by atoms with Crippen molar-refractivity contribution in [2.24, 2.45) is 5.92 Å². The third kappa shape index (κ3) is 1.54. The number of hydrogen-bond acceptors (Lipinski definition) is 3. The van der Waals surface area contributed by atoms with Crippen molar-refractivity contribution >= 4 is 12.1 Å². The highest BCUT2D eigenvalue weighted by Gasteiger charge is 2.32. The lowest BCUT2D eigenvalue weighted by molar-refractivity contribution is -0.108. The summed E-state index contributed by atoms with van der Waals surface area (Å²) in [5.74, 6) is 0.467. The zero-order valence-corrected chi connectivity index (χ0v) is 8.53. The van der Waals surface area contributed by atoms with Gasteiger partial charge in [-0.1, -0.05) is 12.1 Å². The molecule has 3 heteroatoms. The van der Waals surface area contributed by atoms with Gasteiger partial charge in [0.2, 0.25) is 0 Å². The maximum atomic E-state index is 11.9. The lowest BCUT2D eigenvalue weighted by atomic mass is 10.0. The van der Waals surface area contributed by atoms with Crippen LogP contribution in [0.5, 0.6) is 5.75 Å². The van der Waals surface area contributed by atoms with E-state index in [9.17, 15) is 9.59 Å². The first-order valence-electron chi connectivity index (χ1n) is 4.91. The number of benzene rings is 1. The van der Waals surface area contributed by atoms with Gasteiger partial charge in [0.25, 0.3) is 0 Å². The molecule has 0 aromatic heterocycles. The van der Waals surface area contributed by atoms with Gasteiger partial charge in [-0.25, -0.2) is 0 Å². The van der Waals surface area contributed by atoms with E-state index in [-0.39, 0.29) is 11.7 Å². The molecular formula is C12H12O3. The predicted molar refractivity (Wildman–Crippen MR) is 55.2 cm³/mol. The number of carbonyl (C=O) groups is 2. The minimum atomic E-state index is -0.186. The third-order valence-corrected chi connectivity index (χ3v) is 2.80. The first-order chi connectivity index (χ1) is 7.27. The Bertz CT molecular complexity index is 409. The molecule has 1 aliphatic rings. The molecule has 0 N–H and O–H groups in total. The maximum absolute atomic E-state index is 11.9. The SMILES string of the molecule is COc1cccc2c1C(=O)[C@H](CC=O)C2. The van der Waals surface area contributed by atoms with Gasteiger partial charge in [0.05, 0.1) is 12.7 Å². The van der Waals surface area contributed by atoms with Gasteiger partial charge in [-0.15, -0.1) is 0 Å². The van der Waals surface area contributed by atoms with Gasteiger partial charge in [0.1, 0.15) is 12.0 Å². The Balaban J connectivity index is 2.41. The van der Waals surface area contributed by atoms with E-state index in [0.717, 1.165) is 11.8 Å². The number of hydrogen-bond donors (Lipinski definition) is 0. The molecule has 0 fully saturated rings. The first kappa shape index (κ1) is 9.90. The molecule has 1 atom stereocenters. The number of aldehydes is 1. The molecule has 0 amide bonds. The van der Waals surface area contributed by atoms with E-state index in [1.807, 2.05) is 12.1 Å². The zero-order chi connectivity index (χ0) is 10.8. The molecule has 0 radical (unpaired) electrons. The predicted octanol–water partition coefficient (Wildman–Crippen LogP) is 1.64. The van der Waals surface area contributed by atoms with E-state index < -0.39 is 0 Å². The fraction of sp³-hybridized carbons (Fsp3) is 0.333. The Morgan fingerprint density at radius 1 is 1.53 bits per heavy atom. The van der Waals surface area contributed by atoms with E-state index in [1.165, 1.54) is 0 Å². The van der Waals surface area contributed by atoms with Crippen LogP contribution in [-0.4, -0.2) is 19.2 Å². The molecular weight excluding hydrogens is 192 g/mol. The Morgan fingerprint density at radius 3 is 3.00 bits per heavy atom. The van der Waals surface area contributed by atoms with Crippen LogP contribution in [-0.2, 0) is 11.2 Å². The lowest BCUT2D eigenvalue weighted by Gasteiger charge is -2.05. The molecule has 1 aromatic carbocycles. The molecule has 0 saturated carbocycles. The molecule has 0 unspecified atom stereocenters. The van der Waals surface area contributed by atoms with Crippen molar-refractivity contribution in [2.75, 3.05) is 7.11 Å². The Hall–Kier alpha value is -1.64. The summed E-state index contributed by atoms with van der Waals surface area (Å²) in [6.45, 7) is 0. The molecule has 0 bridgehead atoms. The summed E-state index contributed by atoms with van der Waals surface area (Å²) in [5.41, 5.74) is 1.65. The van der Waals surface area contributed by atoms with Gasteiger partial charge in [-0.3, -0.25) is 4.79 Å². The van der Waals surface area contributed by atoms with Crippen LogP contribution in [0.3, 0.4) is 0 Å². The molecule has 15 heavy (non-hydrogen) atoms. The minimum Gasteiger partial charge on any atom is -0.496 e. The number of methoxy groups -OCH3 is 1.